The second-order valence-electron chi connectivity index (χ2n) is 3.20. The molecule has 1 rings (SSSR count). The van der Waals surface area contributed by atoms with Crippen LogP contribution in [0.25, 0.3) is 0 Å². The molecule has 0 amide bonds. The number of methoxy groups -OCH3 is 1. The summed E-state index contributed by atoms with van der Waals surface area (Å²) in [4.78, 5) is 11.3. The van der Waals surface area contributed by atoms with Gasteiger partial charge in [0.15, 0.2) is 17.6 Å². The molecule has 0 saturated carbocycles. The standard InChI is InChI=1S/C11H13ClO5/c1-3-17-11(15)10(14)6-4-9(16-2)8(13)5-7(6)12/h4-5,10,13-14H,3H2,1-2H3. The number of hydrogen-bond donors (Lipinski definition) is 2. The van der Waals surface area contributed by atoms with E-state index in [0.29, 0.717) is 0 Å². The molecule has 0 spiro atoms. The molecule has 0 bridgehead atoms. The zero-order valence-electron chi connectivity index (χ0n) is 9.44. The van der Waals surface area contributed by atoms with Gasteiger partial charge in [-0.2, -0.15) is 0 Å². The van der Waals surface area contributed by atoms with Crippen molar-refractivity contribution < 1.29 is 24.5 Å². The second-order valence-corrected chi connectivity index (χ2v) is 3.61. The first-order valence-corrected chi connectivity index (χ1v) is 5.30. The third-order valence-electron chi connectivity index (χ3n) is 2.10. The Kier molecular flexibility index (Phi) is 4.60. The molecule has 1 unspecified atom stereocenters. The van der Waals surface area contributed by atoms with Gasteiger partial charge in [-0.25, -0.2) is 4.79 Å². The molecular formula is C11H13ClO5. The Morgan fingerprint density at radius 2 is 2.18 bits per heavy atom. The van der Waals surface area contributed by atoms with Gasteiger partial charge in [0.25, 0.3) is 0 Å². The smallest absolute Gasteiger partial charge is 0.339 e. The number of carbonyl (C=O) groups is 1. The van der Waals surface area contributed by atoms with Gasteiger partial charge in [-0.15, -0.1) is 0 Å². The van der Waals surface area contributed by atoms with Gasteiger partial charge in [0.05, 0.1) is 18.7 Å². The summed E-state index contributed by atoms with van der Waals surface area (Å²) in [6.07, 6.45) is -1.50. The van der Waals surface area contributed by atoms with Gasteiger partial charge in [0, 0.05) is 11.6 Å². The lowest BCUT2D eigenvalue weighted by Gasteiger charge is -2.13. The van der Waals surface area contributed by atoms with Crippen molar-refractivity contribution in [3.63, 3.8) is 0 Å². The predicted molar refractivity (Wildman–Crippen MR) is 61.3 cm³/mol. The van der Waals surface area contributed by atoms with Gasteiger partial charge in [-0.3, -0.25) is 0 Å². The third kappa shape index (κ3) is 3.01. The fourth-order valence-electron chi connectivity index (χ4n) is 1.28. The second kappa shape index (κ2) is 5.75. The number of aromatic hydroxyl groups is 1. The predicted octanol–water partition coefficient (Wildman–Crippen LogP) is 1.65. The highest BCUT2D eigenvalue weighted by molar-refractivity contribution is 6.31. The first-order valence-electron chi connectivity index (χ1n) is 4.92. The molecule has 1 aromatic rings. The fourth-order valence-corrected chi connectivity index (χ4v) is 1.54. The number of benzene rings is 1. The Morgan fingerprint density at radius 1 is 1.53 bits per heavy atom. The van der Waals surface area contributed by atoms with E-state index in [1.807, 2.05) is 0 Å². The van der Waals surface area contributed by atoms with Crippen LogP contribution in [-0.4, -0.2) is 29.9 Å². The highest BCUT2D eigenvalue weighted by Crippen LogP contribution is 2.35. The van der Waals surface area contributed by atoms with E-state index in [0.717, 1.165) is 0 Å². The summed E-state index contributed by atoms with van der Waals surface area (Å²) in [5.74, 6) is -0.854. The highest BCUT2D eigenvalue weighted by Gasteiger charge is 2.23. The molecule has 1 aromatic carbocycles. The molecule has 0 saturated heterocycles. The summed E-state index contributed by atoms with van der Waals surface area (Å²) < 4.78 is 9.52. The number of carbonyl (C=O) groups excluding carboxylic acids is 1. The number of aliphatic hydroxyl groups excluding tert-OH is 1. The molecule has 0 aliphatic heterocycles. The Labute approximate surface area is 104 Å². The van der Waals surface area contributed by atoms with E-state index in [4.69, 9.17) is 16.3 Å². The average Bonchev–Trinajstić information content (AvgIpc) is 2.29. The zero-order valence-corrected chi connectivity index (χ0v) is 10.2. The van der Waals surface area contributed by atoms with E-state index in [1.54, 1.807) is 6.92 Å². The van der Waals surface area contributed by atoms with E-state index < -0.39 is 12.1 Å². The minimum absolute atomic E-state index is 0.0591. The zero-order chi connectivity index (χ0) is 13.0. The molecule has 0 heterocycles. The number of rotatable bonds is 4. The SMILES string of the molecule is CCOC(=O)C(O)c1cc(OC)c(O)cc1Cl. The van der Waals surface area contributed by atoms with Crippen molar-refractivity contribution in [2.75, 3.05) is 13.7 Å². The van der Waals surface area contributed by atoms with Crippen LogP contribution in [0.3, 0.4) is 0 Å². The lowest BCUT2D eigenvalue weighted by Crippen LogP contribution is -2.15. The van der Waals surface area contributed by atoms with E-state index >= 15 is 0 Å². The van der Waals surface area contributed by atoms with Crippen molar-refractivity contribution in [2.45, 2.75) is 13.0 Å². The summed E-state index contributed by atoms with van der Waals surface area (Å²) in [7, 11) is 1.35. The minimum atomic E-state index is -1.50. The molecule has 0 aromatic heterocycles. The van der Waals surface area contributed by atoms with Crippen LogP contribution in [0.4, 0.5) is 0 Å². The Morgan fingerprint density at radius 3 is 2.71 bits per heavy atom. The van der Waals surface area contributed by atoms with Crippen molar-refractivity contribution in [2.24, 2.45) is 0 Å². The monoisotopic (exact) mass is 260 g/mol. The molecule has 0 radical (unpaired) electrons. The fraction of sp³-hybridized carbons (Fsp3) is 0.364. The number of phenolic OH excluding ortho intramolecular Hbond substituents is 1. The third-order valence-corrected chi connectivity index (χ3v) is 2.43. The van der Waals surface area contributed by atoms with Crippen molar-refractivity contribution >= 4 is 17.6 Å². The summed E-state index contributed by atoms with van der Waals surface area (Å²) in [6, 6.07) is 2.48. The topological polar surface area (TPSA) is 76.0 Å². The molecule has 0 fully saturated rings. The van der Waals surface area contributed by atoms with Gasteiger partial charge in [-0.1, -0.05) is 11.6 Å². The van der Waals surface area contributed by atoms with Crippen LogP contribution in [0.5, 0.6) is 11.5 Å². The van der Waals surface area contributed by atoms with Crippen molar-refractivity contribution in [3.8, 4) is 11.5 Å². The van der Waals surface area contributed by atoms with Crippen LogP contribution in [-0.2, 0) is 9.53 Å². The molecule has 0 aliphatic carbocycles. The maximum Gasteiger partial charge on any atom is 0.339 e. The Balaban J connectivity index is 3.08. The summed E-state index contributed by atoms with van der Waals surface area (Å²) in [6.45, 7) is 1.78. The molecule has 0 aliphatic rings. The van der Waals surface area contributed by atoms with Crippen molar-refractivity contribution in [1.29, 1.82) is 0 Å². The number of aliphatic hydroxyl groups is 1. The van der Waals surface area contributed by atoms with Gasteiger partial charge >= 0.3 is 5.97 Å². The van der Waals surface area contributed by atoms with E-state index in [-0.39, 0.29) is 28.7 Å². The molecule has 6 heteroatoms. The molecule has 17 heavy (non-hydrogen) atoms. The first kappa shape index (κ1) is 13.6. The molecule has 2 N–H and O–H groups in total. The number of ether oxygens (including phenoxy) is 2. The van der Waals surface area contributed by atoms with Crippen molar-refractivity contribution in [3.05, 3.63) is 22.7 Å². The highest BCUT2D eigenvalue weighted by atomic mass is 35.5. The van der Waals surface area contributed by atoms with Crippen molar-refractivity contribution in [1.82, 2.24) is 0 Å². The van der Waals surface area contributed by atoms with Crippen LogP contribution in [0, 0.1) is 0 Å². The number of phenols is 1. The maximum absolute atomic E-state index is 11.3. The van der Waals surface area contributed by atoms with E-state index in [2.05, 4.69) is 4.74 Å². The lowest BCUT2D eigenvalue weighted by molar-refractivity contribution is -0.153. The van der Waals surface area contributed by atoms with Crippen LogP contribution in [0.1, 0.15) is 18.6 Å². The summed E-state index contributed by atoms with van der Waals surface area (Å²) in [5.41, 5.74) is 0.125. The Bertz CT molecular complexity index is 419. The van der Waals surface area contributed by atoms with E-state index in [9.17, 15) is 15.0 Å². The quantitative estimate of drug-likeness (QED) is 0.805. The van der Waals surface area contributed by atoms with Crippen LogP contribution >= 0.6 is 11.6 Å². The average molecular weight is 261 g/mol. The molecule has 5 nitrogen and oxygen atoms in total. The largest absolute Gasteiger partial charge is 0.504 e. The summed E-state index contributed by atoms with van der Waals surface area (Å²) in [5, 5.41) is 19.2. The minimum Gasteiger partial charge on any atom is -0.504 e. The molecular weight excluding hydrogens is 248 g/mol. The first-order chi connectivity index (χ1) is 8.01. The molecule has 1 atom stereocenters. The van der Waals surface area contributed by atoms with Gasteiger partial charge < -0.3 is 19.7 Å². The maximum atomic E-state index is 11.3. The Hall–Kier alpha value is -1.46. The number of halogens is 1. The van der Waals surface area contributed by atoms with E-state index in [1.165, 1.54) is 19.2 Å². The summed E-state index contributed by atoms with van der Waals surface area (Å²) >= 11 is 5.81. The van der Waals surface area contributed by atoms with Gasteiger partial charge in [0.1, 0.15) is 0 Å². The molecule has 94 valence electrons. The van der Waals surface area contributed by atoms with Crippen LogP contribution < -0.4 is 4.74 Å². The van der Waals surface area contributed by atoms with Gasteiger partial charge in [-0.05, 0) is 13.0 Å². The normalized spacial score (nSPS) is 12.0. The number of esters is 1. The number of hydrogen-bond acceptors (Lipinski definition) is 5. The lowest BCUT2D eigenvalue weighted by atomic mass is 10.1. The van der Waals surface area contributed by atoms with Crippen LogP contribution in [0.15, 0.2) is 12.1 Å². The van der Waals surface area contributed by atoms with Gasteiger partial charge in [0.2, 0.25) is 0 Å². The van der Waals surface area contributed by atoms with Crippen LogP contribution in [0.2, 0.25) is 5.02 Å².